The monoisotopic (exact) mass is 226 g/mol. The molecule has 2 heteroatoms. The highest BCUT2D eigenvalue weighted by Crippen LogP contribution is 2.34. The Morgan fingerprint density at radius 3 is 3.08 bits per heavy atom. The molecule has 12 heavy (non-hydrogen) atoms. The first-order valence-electron chi connectivity index (χ1n) is 4.25. The summed E-state index contributed by atoms with van der Waals surface area (Å²) < 4.78 is 6.59. The van der Waals surface area contributed by atoms with Gasteiger partial charge in [0.1, 0.15) is 5.75 Å². The Balaban J connectivity index is 2.51. The first kappa shape index (κ1) is 8.11. The second-order valence-corrected chi connectivity index (χ2v) is 3.87. The van der Waals surface area contributed by atoms with Crippen LogP contribution in [-0.4, -0.2) is 6.61 Å². The summed E-state index contributed by atoms with van der Waals surface area (Å²) in [5.41, 5.74) is 2.73. The molecule has 0 saturated heterocycles. The molecule has 1 heterocycles. The lowest BCUT2D eigenvalue weighted by Crippen LogP contribution is -1.86. The van der Waals surface area contributed by atoms with E-state index in [2.05, 4.69) is 35.0 Å². The summed E-state index contributed by atoms with van der Waals surface area (Å²) in [4.78, 5) is 0. The van der Waals surface area contributed by atoms with Crippen LogP contribution in [-0.2, 0) is 12.8 Å². The molecule has 1 aromatic carbocycles. The lowest BCUT2D eigenvalue weighted by molar-refractivity contribution is 0.355. The number of halogens is 1. The van der Waals surface area contributed by atoms with Crippen molar-refractivity contribution in [2.24, 2.45) is 0 Å². The Kier molecular flexibility index (Phi) is 2.09. The Morgan fingerprint density at radius 2 is 2.33 bits per heavy atom. The number of rotatable bonds is 1. The van der Waals surface area contributed by atoms with Gasteiger partial charge in [-0.25, -0.2) is 0 Å². The number of hydrogen-bond donors (Lipinski definition) is 0. The van der Waals surface area contributed by atoms with Crippen molar-refractivity contribution in [2.75, 3.05) is 6.61 Å². The van der Waals surface area contributed by atoms with Gasteiger partial charge in [0, 0.05) is 6.42 Å². The van der Waals surface area contributed by atoms with E-state index in [1.54, 1.807) is 0 Å². The second-order valence-electron chi connectivity index (χ2n) is 3.02. The van der Waals surface area contributed by atoms with Crippen LogP contribution in [0.15, 0.2) is 16.6 Å². The number of ether oxygens (including phenoxy) is 1. The van der Waals surface area contributed by atoms with Crippen LogP contribution in [0.25, 0.3) is 0 Å². The maximum Gasteiger partial charge on any atom is 0.136 e. The Labute approximate surface area is 80.9 Å². The lowest BCUT2D eigenvalue weighted by atomic mass is 10.1. The average molecular weight is 227 g/mol. The van der Waals surface area contributed by atoms with Gasteiger partial charge in [-0.3, -0.25) is 0 Å². The molecule has 0 unspecified atom stereocenters. The largest absolute Gasteiger partial charge is 0.492 e. The number of hydrogen-bond acceptors (Lipinski definition) is 1. The van der Waals surface area contributed by atoms with Gasteiger partial charge in [-0.2, -0.15) is 0 Å². The van der Waals surface area contributed by atoms with Crippen LogP contribution in [0, 0.1) is 0 Å². The number of aryl methyl sites for hydroxylation is 1. The van der Waals surface area contributed by atoms with E-state index in [4.69, 9.17) is 4.74 Å². The first-order chi connectivity index (χ1) is 5.81. The summed E-state index contributed by atoms with van der Waals surface area (Å²) in [6.07, 6.45) is 2.15. The molecule has 0 spiro atoms. The standard InChI is InChI=1S/C10H11BrO/c1-2-7-5-8-3-4-12-10(8)9(11)6-7/h5-6H,2-4H2,1H3. The molecule has 0 aliphatic carbocycles. The molecule has 64 valence electrons. The average Bonchev–Trinajstić information content (AvgIpc) is 2.52. The Morgan fingerprint density at radius 1 is 1.50 bits per heavy atom. The van der Waals surface area contributed by atoms with Gasteiger partial charge in [0.05, 0.1) is 11.1 Å². The maximum atomic E-state index is 5.48. The van der Waals surface area contributed by atoms with Crippen LogP contribution in [0.4, 0.5) is 0 Å². The second kappa shape index (κ2) is 3.09. The zero-order valence-electron chi connectivity index (χ0n) is 7.06. The topological polar surface area (TPSA) is 9.23 Å². The fraction of sp³-hybridized carbons (Fsp3) is 0.400. The van der Waals surface area contributed by atoms with Gasteiger partial charge in [-0.05, 0) is 39.5 Å². The molecular formula is C10H11BrO. The van der Waals surface area contributed by atoms with Crippen LogP contribution in [0.5, 0.6) is 5.75 Å². The molecule has 0 fully saturated rings. The van der Waals surface area contributed by atoms with E-state index >= 15 is 0 Å². The minimum atomic E-state index is 0.834. The van der Waals surface area contributed by atoms with Crippen molar-refractivity contribution >= 4 is 15.9 Å². The van der Waals surface area contributed by atoms with E-state index < -0.39 is 0 Å². The Bertz CT molecular complexity index is 307. The van der Waals surface area contributed by atoms with Crippen LogP contribution >= 0.6 is 15.9 Å². The predicted molar refractivity (Wildman–Crippen MR) is 52.7 cm³/mol. The molecule has 1 aliphatic rings. The third kappa shape index (κ3) is 1.24. The summed E-state index contributed by atoms with van der Waals surface area (Å²) in [6.45, 7) is 3.01. The summed E-state index contributed by atoms with van der Waals surface area (Å²) >= 11 is 3.51. The van der Waals surface area contributed by atoms with E-state index in [0.29, 0.717) is 0 Å². The summed E-state index contributed by atoms with van der Waals surface area (Å²) in [5.74, 6) is 1.05. The van der Waals surface area contributed by atoms with Gasteiger partial charge in [0.2, 0.25) is 0 Å². The Hall–Kier alpha value is -0.500. The SMILES string of the molecule is CCc1cc(Br)c2c(c1)CCO2. The van der Waals surface area contributed by atoms with Gasteiger partial charge >= 0.3 is 0 Å². The smallest absolute Gasteiger partial charge is 0.136 e. The highest BCUT2D eigenvalue weighted by molar-refractivity contribution is 9.10. The van der Waals surface area contributed by atoms with Crippen molar-refractivity contribution in [3.63, 3.8) is 0 Å². The first-order valence-corrected chi connectivity index (χ1v) is 5.04. The summed E-state index contributed by atoms with van der Waals surface area (Å²) in [6, 6.07) is 4.39. The van der Waals surface area contributed by atoms with E-state index in [-0.39, 0.29) is 0 Å². The van der Waals surface area contributed by atoms with Gasteiger partial charge in [0.25, 0.3) is 0 Å². The van der Waals surface area contributed by atoms with Crippen LogP contribution in [0.3, 0.4) is 0 Å². The zero-order valence-corrected chi connectivity index (χ0v) is 8.65. The molecule has 0 aromatic heterocycles. The zero-order chi connectivity index (χ0) is 8.55. The van der Waals surface area contributed by atoms with Crippen LogP contribution in [0.2, 0.25) is 0 Å². The number of fused-ring (bicyclic) bond motifs is 1. The van der Waals surface area contributed by atoms with E-state index in [1.807, 2.05) is 0 Å². The number of benzene rings is 1. The summed E-state index contributed by atoms with van der Waals surface area (Å²) in [7, 11) is 0. The van der Waals surface area contributed by atoms with Crippen molar-refractivity contribution in [2.45, 2.75) is 19.8 Å². The highest BCUT2D eigenvalue weighted by atomic mass is 79.9. The summed E-state index contributed by atoms with van der Waals surface area (Å²) in [5, 5.41) is 0. The molecule has 0 saturated carbocycles. The predicted octanol–water partition coefficient (Wildman–Crippen LogP) is 2.95. The third-order valence-electron chi connectivity index (χ3n) is 2.21. The van der Waals surface area contributed by atoms with E-state index in [1.165, 1.54) is 11.1 Å². The molecule has 0 radical (unpaired) electrons. The van der Waals surface area contributed by atoms with Gasteiger partial charge in [0.15, 0.2) is 0 Å². The fourth-order valence-electron chi connectivity index (χ4n) is 1.53. The van der Waals surface area contributed by atoms with Crippen LogP contribution < -0.4 is 4.74 Å². The molecule has 1 aliphatic heterocycles. The van der Waals surface area contributed by atoms with Gasteiger partial charge in [-0.1, -0.05) is 13.0 Å². The molecular weight excluding hydrogens is 216 g/mol. The van der Waals surface area contributed by atoms with Crippen molar-refractivity contribution < 1.29 is 4.74 Å². The highest BCUT2D eigenvalue weighted by Gasteiger charge is 2.15. The molecule has 2 rings (SSSR count). The molecule has 0 atom stereocenters. The normalized spacial score (nSPS) is 14.2. The van der Waals surface area contributed by atoms with Crippen molar-refractivity contribution in [3.05, 3.63) is 27.7 Å². The minimum Gasteiger partial charge on any atom is -0.492 e. The van der Waals surface area contributed by atoms with Crippen molar-refractivity contribution in [1.29, 1.82) is 0 Å². The van der Waals surface area contributed by atoms with Crippen molar-refractivity contribution in [3.8, 4) is 5.75 Å². The third-order valence-corrected chi connectivity index (χ3v) is 2.80. The minimum absolute atomic E-state index is 0.834. The van der Waals surface area contributed by atoms with E-state index in [9.17, 15) is 0 Å². The van der Waals surface area contributed by atoms with Crippen LogP contribution in [0.1, 0.15) is 18.1 Å². The lowest BCUT2D eigenvalue weighted by Gasteiger charge is -2.04. The molecule has 1 nitrogen and oxygen atoms in total. The molecule has 1 aromatic rings. The molecule has 0 N–H and O–H groups in total. The molecule has 0 bridgehead atoms. The quantitative estimate of drug-likeness (QED) is 0.716. The molecule has 0 amide bonds. The maximum absolute atomic E-state index is 5.48. The van der Waals surface area contributed by atoms with Crippen molar-refractivity contribution in [1.82, 2.24) is 0 Å². The fourth-order valence-corrected chi connectivity index (χ4v) is 2.19. The van der Waals surface area contributed by atoms with Gasteiger partial charge in [-0.15, -0.1) is 0 Å². The van der Waals surface area contributed by atoms with E-state index in [0.717, 1.165) is 29.7 Å². The van der Waals surface area contributed by atoms with Gasteiger partial charge < -0.3 is 4.74 Å².